The molecule has 0 radical (unpaired) electrons. The second-order valence-corrected chi connectivity index (χ2v) is 5.72. The maximum atomic E-state index is 5.78. The summed E-state index contributed by atoms with van der Waals surface area (Å²) in [5.74, 6) is 0. The van der Waals surface area contributed by atoms with E-state index in [1.165, 1.54) is 10.4 Å². The number of fused-ring (bicyclic) bond motifs is 1. The van der Waals surface area contributed by atoms with E-state index in [1.807, 2.05) is 32.3 Å². The third kappa shape index (κ3) is 2.27. The van der Waals surface area contributed by atoms with Crippen LogP contribution in [0.1, 0.15) is 0 Å². The van der Waals surface area contributed by atoms with Crippen molar-refractivity contribution in [1.82, 2.24) is 4.98 Å². The third-order valence-electron chi connectivity index (χ3n) is 3.04. The molecule has 19 heavy (non-hydrogen) atoms. The molecule has 96 valence electrons. The molecule has 3 nitrogen and oxygen atoms in total. The van der Waals surface area contributed by atoms with Gasteiger partial charge in [-0.25, -0.2) is 4.98 Å². The van der Waals surface area contributed by atoms with Gasteiger partial charge in [0, 0.05) is 31.0 Å². The van der Waals surface area contributed by atoms with Gasteiger partial charge in [0.05, 0.1) is 10.2 Å². The standard InChI is InChI=1S/C15H15N3S/c1-18(2)12-6-3-10(4-7-12)15-17-13-9-11(16)5-8-14(13)19-15/h3-9H,16H2,1-2H3. The summed E-state index contributed by atoms with van der Waals surface area (Å²) in [7, 11) is 4.07. The van der Waals surface area contributed by atoms with Crippen LogP contribution in [-0.4, -0.2) is 19.1 Å². The van der Waals surface area contributed by atoms with Gasteiger partial charge in [0.25, 0.3) is 0 Å². The molecule has 0 fully saturated rings. The van der Waals surface area contributed by atoms with Crippen LogP contribution in [-0.2, 0) is 0 Å². The zero-order chi connectivity index (χ0) is 13.4. The fourth-order valence-electron chi connectivity index (χ4n) is 1.97. The maximum Gasteiger partial charge on any atom is 0.124 e. The molecule has 0 bridgehead atoms. The Morgan fingerprint density at radius 1 is 1.05 bits per heavy atom. The Bertz CT molecular complexity index is 714. The van der Waals surface area contributed by atoms with E-state index in [-0.39, 0.29) is 0 Å². The highest BCUT2D eigenvalue weighted by Crippen LogP contribution is 2.31. The second kappa shape index (κ2) is 4.55. The first-order chi connectivity index (χ1) is 9.13. The molecule has 0 atom stereocenters. The second-order valence-electron chi connectivity index (χ2n) is 4.69. The van der Waals surface area contributed by atoms with Crippen LogP contribution in [0.2, 0.25) is 0 Å². The van der Waals surface area contributed by atoms with Gasteiger partial charge >= 0.3 is 0 Å². The molecule has 4 heteroatoms. The Labute approximate surface area is 116 Å². The van der Waals surface area contributed by atoms with Crippen LogP contribution >= 0.6 is 11.3 Å². The monoisotopic (exact) mass is 269 g/mol. The molecule has 3 rings (SSSR count). The van der Waals surface area contributed by atoms with Crippen molar-refractivity contribution in [3.63, 3.8) is 0 Å². The van der Waals surface area contributed by atoms with Gasteiger partial charge in [-0.1, -0.05) is 0 Å². The zero-order valence-electron chi connectivity index (χ0n) is 10.9. The highest BCUT2D eigenvalue weighted by molar-refractivity contribution is 7.21. The Morgan fingerprint density at radius 3 is 2.47 bits per heavy atom. The molecule has 2 N–H and O–H groups in total. The molecule has 0 aliphatic heterocycles. The predicted molar refractivity (Wildman–Crippen MR) is 83.8 cm³/mol. The number of hydrogen-bond acceptors (Lipinski definition) is 4. The van der Waals surface area contributed by atoms with Gasteiger partial charge in [-0.2, -0.15) is 0 Å². The van der Waals surface area contributed by atoms with Gasteiger partial charge in [0.15, 0.2) is 0 Å². The summed E-state index contributed by atoms with van der Waals surface area (Å²) in [5.41, 5.74) is 9.84. The Hall–Kier alpha value is -2.07. The molecule has 0 saturated heterocycles. The Kier molecular flexibility index (Phi) is 2.87. The van der Waals surface area contributed by atoms with Crippen molar-refractivity contribution >= 4 is 32.9 Å². The molecule has 0 aliphatic rings. The van der Waals surface area contributed by atoms with Gasteiger partial charge < -0.3 is 10.6 Å². The molecule has 1 aromatic heterocycles. The van der Waals surface area contributed by atoms with Crippen LogP contribution in [0.3, 0.4) is 0 Å². The van der Waals surface area contributed by atoms with Crippen LogP contribution < -0.4 is 10.6 Å². The fourth-order valence-corrected chi connectivity index (χ4v) is 2.92. The summed E-state index contributed by atoms with van der Waals surface area (Å²) in [6, 6.07) is 14.3. The minimum absolute atomic E-state index is 0.757. The summed E-state index contributed by atoms with van der Waals surface area (Å²) < 4.78 is 1.17. The molecule has 0 aliphatic carbocycles. The van der Waals surface area contributed by atoms with Crippen LogP contribution in [0.15, 0.2) is 42.5 Å². The lowest BCUT2D eigenvalue weighted by Gasteiger charge is -2.11. The van der Waals surface area contributed by atoms with E-state index in [0.717, 1.165) is 21.8 Å². The van der Waals surface area contributed by atoms with E-state index in [1.54, 1.807) is 11.3 Å². The van der Waals surface area contributed by atoms with Crippen molar-refractivity contribution in [3.05, 3.63) is 42.5 Å². The molecule has 2 aromatic carbocycles. The molecule has 1 heterocycles. The van der Waals surface area contributed by atoms with Crippen LogP contribution in [0.5, 0.6) is 0 Å². The smallest absolute Gasteiger partial charge is 0.124 e. The van der Waals surface area contributed by atoms with Crippen molar-refractivity contribution in [2.45, 2.75) is 0 Å². The number of nitrogens with zero attached hydrogens (tertiary/aromatic N) is 2. The van der Waals surface area contributed by atoms with Crippen molar-refractivity contribution in [3.8, 4) is 10.6 Å². The maximum absolute atomic E-state index is 5.78. The van der Waals surface area contributed by atoms with E-state index in [2.05, 4.69) is 34.1 Å². The first-order valence-electron chi connectivity index (χ1n) is 6.07. The highest BCUT2D eigenvalue weighted by Gasteiger charge is 2.06. The molecule has 0 saturated carbocycles. The lowest BCUT2D eigenvalue weighted by Crippen LogP contribution is -2.07. The lowest BCUT2D eigenvalue weighted by molar-refractivity contribution is 1.13. The molecule has 0 amide bonds. The Balaban J connectivity index is 2.03. The first kappa shape index (κ1) is 12.0. The van der Waals surface area contributed by atoms with E-state index >= 15 is 0 Å². The van der Waals surface area contributed by atoms with Crippen LogP contribution in [0.25, 0.3) is 20.8 Å². The normalized spacial score (nSPS) is 10.8. The summed E-state index contributed by atoms with van der Waals surface area (Å²) >= 11 is 1.69. The Morgan fingerprint density at radius 2 is 1.79 bits per heavy atom. The number of aromatic nitrogens is 1. The van der Waals surface area contributed by atoms with E-state index in [4.69, 9.17) is 5.73 Å². The van der Waals surface area contributed by atoms with Crippen LogP contribution in [0, 0.1) is 0 Å². The quantitative estimate of drug-likeness (QED) is 0.723. The summed E-state index contributed by atoms with van der Waals surface area (Å²) in [5, 5.41) is 1.03. The van der Waals surface area contributed by atoms with Crippen molar-refractivity contribution in [2.75, 3.05) is 24.7 Å². The highest BCUT2D eigenvalue weighted by atomic mass is 32.1. The zero-order valence-corrected chi connectivity index (χ0v) is 11.7. The molecular weight excluding hydrogens is 254 g/mol. The minimum Gasteiger partial charge on any atom is -0.399 e. The van der Waals surface area contributed by atoms with Gasteiger partial charge in [0.1, 0.15) is 5.01 Å². The predicted octanol–water partition coefficient (Wildman–Crippen LogP) is 3.61. The molecule has 0 spiro atoms. The summed E-state index contributed by atoms with van der Waals surface area (Å²) in [4.78, 5) is 6.73. The van der Waals surface area contributed by atoms with E-state index in [9.17, 15) is 0 Å². The SMILES string of the molecule is CN(C)c1ccc(-c2nc3cc(N)ccc3s2)cc1. The topological polar surface area (TPSA) is 42.2 Å². The van der Waals surface area contributed by atoms with Gasteiger partial charge in [-0.05, 0) is 42.5 Å². The number of thiazole rings is 1. The van der Waals surface area contributed by atoms with Gasteiger partial charge in [0.2, 0.25) is 0 Å². The number of anilines is 2. The number of nitrogen functional groups attached to an aromatic ring is 1. The van der Waals surface area contributed by atoms with E-state index in [0.29, 0.717) is 0 Å². The molecular formula is C15H15N3S. The van der Waals surface area contributed by atoms with Crippen molar-refractivity contribution < 1.29 is 0 Å². The lowest BCUT2D eigenvalue weighted by atomic mass is 10.2. The summed E-state index contributed by atoms with van der Waals surface area (Å²) in [6.07, 6.45) is 0. The largest absolute Gasteiger partial charge is 0.399 e. The first-order valence-corrected chi connectivity index (χ1v) is 6.89. The average molecular weight is 269 g/mol. The minimum atomic E-state index is 0.757. The number of nitrogens with two attached hydrogens (primary N) is 1. The molecule has 3 aromatic rings. The molecule has 0 unspecified atom stereocenters. The number of rotatable bonds is 2. The van der Waals surface area contributed by atoms with E-state index < -0.39 is 0 Å². The number of hydrogen-bond donors (Lipinski definition) is 1. The number of benzene rings is 2. The average Bonchev–Trinajstić information content (AvgIpc) is 2.81. The third-order valence-corrected chi connectivity index (χ3v) is 4.13. The van der Waals surface area contributed by atoms with Crippen molar-refractivity contribution in [1.29, 1.82) is 0 Å². The van der Waals surface area contributed by atoms with Crippen molar-refractivity contribution in [2.24, 2.45) is 0 Å². The van der Waals surface area contributed by atoms with Gasteiger partial charge in [-0.15, -0.1) is 11.3 Å². The van der Waals surface area contributed by atoms with Gasteiger partial charge in [-0.3, -0.25) is 0 Å². The fraction of sp³-hybridized carbons (Fsp3) is 0.133. The summed E-state index contributed by atoms with van der Waals surface area (Å²) in [6.45, 7) is 0. The van der Waals surface area contributed by atoms with Crippen LogP contribution in [0.4, 0.5) is 11.4 Å².